The second-order valence-corrected chi connectivity index (χ2v) is 5.69. The molecule has 0 spiro atoms. The van der Waals surface area contributed by atoms with E-state index >= 15 is 0 Å². The Bertz CT molecular complexity index is 389. The van der Waals surface area contributed by atoms with Gasteiger partial charge in [0, 0.05) is 0 Å². The highest BCUT2D eigenvalue weighted by Crippen LogP contribution is 2.35. The molecular weight excluding hydrogens is 224 g/mol. The molecular formula is C16H22O2. The van der Waals surface area contributed by atoms with E-state index in [-0.39, 0.29) is 11.6 Å². The topological polar surface area (TPSA) is 26.3 Å². The summed E-state index contributed by atoms with van der Waals surface area (Å²) in [5.41, 5.74) is 0.286. The molecule has 0 unspecified atom stereocenters. The summed E-state index contributed by atoms with van der Waals surface area (Å²) in [5.74, 6) is 0.296. The second kappa shape index (κ2) is 5.55. The zero-order valence-electron chi connectivity index (χ0n) is 11.3. The summed E-state index contributed by atoms with van der Waals surface area (Å²) in [6.07, 6.45) is 6.19. The fourth-order valence-corrected chi connectivity index (χ4v) is 2.75. The van der Waals surface area contributed by atoms with Crippen LogP contribution in [0.4, 0.5) is 0 Å². The van der Waals surface area contributed by atoms with Gasteiger partial charge in [-0.15, -0.1) is 0 Å². The predicted octanol–water partition coefficient (Wildman–Crippen LogP) is 4.20. The highest BCUT2D eigenvalue weighted by Gasteiger charge is 2.34. The van der Waals surface area contributed by atoms with Gasteiger partial charge in [0.25, 0.3) is 0 Å². The van der Waals surface area contributed by atoms with Crippen LogP contribution in [0.1, 0.15) is 56.3 Å². The van der Waals surface area contributed by atoms with E-state index in [1.165, 1.54) is 32.1 Å². The molecule has 2 nitrogen and oxygen atoms in total. The van der Waals surface area contributed by atoms with Crippen molar-refractivity contribution >= 4 is 5.97 Å². The van der Waals surface area contributed by atoms with E-state index in [4.69, 9.17) is 4.74 Å². The largest absolute Gasteiger partial charge is 0.456 e. The first-order valence-electron chi connectivity index (χ1n) is 6.88. The molecule has 1 aliphatic rings. The van der Waals surface area contributed by atoms with Crippen LogP contribution >= 0.6 is 0 Å². The minimum absolute atomic E-state index is 0.203. The van der Waals surface area contributed by atoms with Gasteiger partial charge in [0.05, 0.1) is 5.56 Å². The van der Waals surface area contributed by atoms with Crippen LogP contribution < -0.4 is 0 Å². The van der Waals surface area contributed by atoms with E-state index in [2.05, 4.69) is 0 Å². The van der Waals surface area contributed by atoms with Crippen molar-refractivity contribution < 1.29 is 9.53 Å². The summed E-state index contributed by atoms with van der Waals surface area (Å²) >= 11 is 0. The average Bonchev–Trinajstić information content (AvgIpc) is 2.40. The third-order valence-corrected chi connectivity index (χ3v) is 3.95. The standard InChI is InChI=1S/C16H22O2/c1-16(2,14-11-7-4-8-12-14)18-15(17)13-9-5-3-6-10-13/h3,5-6,9-10,14H,4,7-8,11-12H2,1-2H3. The number of rotatable bonds is 3. The van der Waals surface area contributed by atoms with Crippen LogP contribution in [-0.4, -0.2) is 11.6 Å². The third-order valence-electron chi connectivity index (χ3n) is 3.95. The Hall–Kier alpha value is -1.31. The van der Waals surface area contributed by atoms with Gasteiger partial charge in [-0.1, -0.05) is 37.5 Å². The number of carbonyl (C=O) groups is 1. The van der Waals surface area contributed by atoms with Gasteiger partial charge in [0.1, 0.15) is 5.60 Å². The minimum Gasteiger partial charge on any atom is -0.456 e. The molecule has 1 aliphatic carbocycles. The maximum absolute atomic E-state index is 12.1. The second-order valence-electron chi connectivity index (χ2n) is 5.69. The van der Waals surface area contributed by atoms with Crippen LogP contribution in [0, 0.1) is 5.92 Å². The van der Waals surface area contributed by atoms with Crippen molar-refractivity contribution in [3.63, 3.8) is 0 Å². The van der Waals surface area contributed by atoms with E-state index in [1.807, 2.05) is 32.0 Å². The molecule has 0 saturated heterocycles. The summed E-state index contributed by atoms with van der Waals surface area (Å²) in [6.45, 7) is 4.09. The monoisotopic (exact) mass is 246 g/mol. The van der Waals surface area contributed by atoms with Crippen molar-refractivity contribution in [3.8, 4) is 0 Å². The third kappa shape index (κ3) is 3.12. The lowest BCUT2D eigenvalue weighted by molar-refractivity contribution is -0.0384. The highest BCUT2D eigenvalue weighted by atomic mass is 16.6. The lowest BCUT2D eigenvalue weighted by atomic mass is 9.79. The van der Waals surface area contributed by atoms with Crippen LogP contribution in [-0.2, 0) is 4.74 Å². The number of hydrogen-bond acceptors (Lipinski definition) is 2. The van der Waals surface area contributed by atoms with Crippen LogP contribution in [0.25, 0.3) is 0 Å². The van der Waals surface area contributed by atoms with Gasteiger partial charge in [0.15, 0.2) is 0 Å². The molecule has 0 heterocycles. The number of benzene rings is 1. The minimum atomic E-state index is -0.354. The highest BCUT2D eigenvalue weighted by molar-refractivity contribution is 5.89. The zero-order chi connectivity index (χ0) is 13.0. The molecule has 2 heteroatoms. The molecule has 0 aliphatic heterocycles. The van der Waals surface area contributed by atoms with E-state index in [9.17, 15) is 4.79 Å². The molecule has 0 radical (unpaired) electrons. The van der Waals surface area contributed by atoms with Crippen molar-refractivity contribution in [3.05, 3.63) is 35.9 Å². The Morgan fingerprint density at radius 2 is 1.72 bits per heavy atom. The Labute approximate surface area is 109 Å². The van der Waals surface area contributed by atoms with Crippen LogP contribution in [0.3, 0.4) is 0 Å². The first-order chi connectivity index (χ1) is 8.59. The van der Waals surface area contributed by atoms with Crippen molar-refractivity contribution in [1.82, 2.24) is 0 Å². The smallest absolute Gasteiger partial charge is 0.338 e. The van der Waals surface area contributed by atoms with Gasteiger partial charge in [-0.3, -0.25) is 0 Å². The van der Waals surface area contributed by atoms with E-state index in [0.717, 1.165) is 0 Å². The average molecular weight is 246 g/mol. The maximum atomic E-state index is 12.1. The summed E-state index contributed by atoms with van der Waals surface area (Å²) in [4.78, 5) is 12.1. The molecule has 0 aromatic heterocycles. The Morgan fingerprint density at radius 1 is 1.11 bits per heavy atom. The molecule has 0 bridgehead atoms. The van der Waals surface area contributed by atoms with Crippen molar-refractivity contribution in [2.45, 2.75) is 51.6 Å². The Balaban J connectivity index is 2.01. The number of ether oxygens (including phenoxy) is 1. The predicted molar refractivity (Wildman–Crippen MR) is 72.5 cm³/mol. The van der Waals surface area contributed by atoms with Crippen LogP contribution in [0.2, 0.25) is 0 Å². The summed E-state index contributed by atoms with van der Waals surface area (Å²) in [7, 11) is 0. The maximum Gasteiger partial charge on any atom is 0.338 e. The quantitative estimate of drug-likeness (QED) is 0.747. The zero-order valence-corrected chi connectivity index (χ0v) is 11.3. The molecule has 0 amide bonds. The van der Waals surface area contributed by atoms with Crippen molar-refractivity contribution in [1.29, 1.82) is 0 Å². The molecule has 2 rings (SSSR count). The summed E-state index contributed by atoms with van der Waals surface area (Å²) in [6, 6.07) is 9.25. The van der Waals surface area contributed by atoms with Crippen molar-refractivity contribution in [2.75, 3.05) is 0 Å². The van der Waals surface area contributed by atoms with Gasteiger partial charge in [-0.05, 0) is 44.7 Å². The fraction of sp³-hybridized carbons (Fsp3) is 0.562. The SMILES string of the molecule is CC(C)(OC(=O)c1ccccc1)C1CCCCC1. The van der Waals surface area contributed by atoms with E-state index < -0.39 is 0 Å². The number of carbonyl (C=O) groups excluding carboxylic acids is 1. The van der Waals surface area contributed by atoms with E-state index in [1.54, 1.807) is 12.1 Å². The first kappa shape index (κ1) is 13.1. The summed E-state index contributed by atoms with van der Waals surface area (Å²) < 4.78 is 5.72. The number of esters is 1. The van der Waals surface area contributed by atoms with Gasteiger partial charge >= 0.3 is 5.97 Å². The van der Waals surface area contributed by atoms with Gasteiger partial charge in [0.2, 0.25) is 0 Å². The molecule has 98 valence electrons. The molecule has 0 N–H and O–H groups in total. The molecule has 1 fully saturated rings. The van der Waals surface area contributed by atoms with Gasteiger partial charge in [-0.25, -0.2) is 4.79 Å². The molecule has 18 heavy (non-hydrogen) atoms. The molecule has 1 aromatic carbocycles. The van der Waals surface area contributed by atoms with Crippen LogP contribution in [0.5, 0.6) is 0 Å². The fourth-order valence-electron chi connectivity index (χ4n) is 2.75. The van der Waals surface area contributed by atoms with E-state index in [0.29, 0.717) is 11.5 Å². The van der Waals surface area contributed by atoms with Crippen LogP contribution in [0.15, 0.2) is 30.3 Å². The molecule has 0 atom stereocenters. The Morgan fingerprint density at radius 3 is 2.33 bits per heavy atom. The summed E-state index contributed by atoms with van der Waals surface area (Å²) in [5, 5.41) is 0. The number of hydrogen-bond donors (Lipinski definition) is 0. The van der Waals surface area contributed by atoms with Crippen molar-refractivity contribution in [2.24, 2.45) is 5.92 Å². The van der Waals surface area contributed by atoms with Gasteiger partial charge < -0.3 is 4.74 Å². The molecule has 1 saturated carbocycles. The lowest BCUT2D eigenvalue weighted by Crippen LogP contribution is -2.37. The first-order valence-corrected chi connectivity index (χ1v) is 6.88. The van der Waals surface area contributed by atoms with Gasteiger partial charge in [-0.2, -0.15) is 0 Å². The Kier molecular flexibility index (Phi) is 4.05. The normalized spacial score (nSPS) is 17.4. The lowest BCUT2D eigenvalue weighted by Gasteiger charge is -2.36. The molecule has 1 aromatic rings.